The average molecular weight is 489 g/mol. The van der Waals surface area contributed by atoms with Crippen LogP contribution in [0.3, 0.4) is 0 Å². The third-order valence-electron chi connectivity index (χ3n) is 5.45. The summed E-state index contributed by atoms with van der Waals surface area (Å²) in [4.78, 5) is 38.7. The highest BCUT2D eigenvalue weighted by Gasteiger charge is 2.26. The van der Waals surface area contributed by atoms with E-state index >= 15 is 0 Å². The first-order chi connectivity index (χ1) is 16.5. The van der Waals surface area contributed by atoms with Crippen molar-refractivity contribution in [2.45, 2.75) is 38.5 Å². The molecule has 0 saturated carbocycles. The summed E-state index contributed by atoms with van der Waals surface area (Å²) in [5.74, 6) is 0.278. The predicted octanol–water partition coefficient (Wildman–Crippen LogP) is 3.55. The molecule has 0 aliphatic heterocycles. The van der Waals surface area contributed by atoms with E-state index in [1.54, 1.807) is 38.5 Å². The molecule has 4 amide bonds. The van der Waals surface area contributed by atoms with Gasteiger partial charge in [0.15, 0.2) is 0 Å². The number of carbonyl (C=O) groups is 3. The van der Waals surface area contributed by atoms with Crippen LogP contribution in [-0.4, -0.2) is 51.8 Å². The van der Waals surface area contributed by atoms with Crippen molar-refractivity contribution in [3.63, 3.8) is 0 Å². The number of hydrogen-bond donors (Lipinski definition) is 4. The molecule has 0 spiro atoms. The number of aryl methyl sites for hydroxylation is 1. The molecular weight excluding hydrogens is 456 g/mol. The number of nitrogens with one attached hydrogen (secondary N) is 4. The molecule has 1 aromatic heterocycles. The van der Waals surface area contributed by atoms with E-state index in [0.29, 0.717) is 35.2 Å². The van der Waals surface area contributed by atoms with Crippen molar-refractivity contribution in [1.82, 2.24) is 10.6 Å². The number of anilines is 2. The molecule has 0 atom stereocenters. The summed E-state index contributed by atoms with van der Waals surface area (Å²) in [6.07, 6.45) is 4.70. The van der Waals surface area contributed by atoms with Gasteiger partial charge in [-0.25, -0.2) is 4.79 Å². The predicted molar refractivity (Wildman–Crippen MR) is 133 cm³/mol. The van der Waals surface area contributed by atoms with E-state index in [1.165, 1.54) is 16.2 Å². The standard InChI is InChI=1S/C24H32N4O5S/c1-32-15-5-13-25-22(30)21-18-6-3-4-7-19(18)34-23(21)28-20(29)12-14-26-24(31)27-16-8-10-17(33-2)11-9-16/h8-11H,3-7,12-15H2,1-2H3,(H,25,30)(H,28,29)(H2,26,27,31). The van der Waals surface area contributed by atoms with Crippen molar-refractivity contribution in [2.75, 3.05) is 44.5 Å². The van der Waals surface area contributed by atoms with Gasteiger partial charge in [-0.05, 0) is 61.9 Å². The molecule has 0 saturated heterocycles. The number of carbonyl (C=O) groups excluding carboxylic acids is 3. The zero-order valence-electron chi connectivity index (χ0n) is 19.6. The average Bonchev–Trinajstić information content (AvgIpc) is 3.20. The van der Waals surface area contributed by atoms with Crippen molar-refractivity contribution in [2.24, 2.45) is 0 Å². The van der Waals surface area contributed by atoms with Gasteiger partial charge < -0.3 is 30.7 Å². The Morgan fingerprint density at radius 2 is 1.74 bits per heavy atom. The van der Waals surface area contributed by atoms with Crippen LogP contribution in [0.25, 0.3) is 0 Å². The second-order valence-electron chi connectivity index (χ2n) is 7.92. The molecule has 0 unspecified atom stereocenters. The summed E-state index contributed by atoms with van der Waals surface area (Å²) >= 11 is 1.48. The fourth-order valence-corrected chi connectivity index (χ4v) is 5.03. The van der Waals surface area contributed by atoms with Gasteiger partial charge in [-0.15, -0.1) is 11.3 Å². The number of thiophene rings is 1. The van der Waals surface area contributed by atoms with Crippen LogP contribution in [0.15, 0.2) is 24.3 Å². The zero-order chi connectivity index (χ0) is 24.3. The minimum atomic E-state index is -0.402. The number of methoxy groups -OCH3 is 2. The largest absolute Gasteiger partial charge is 0.497 e. The Kier molecular flexibility index (Phi) is 9.72. The Bertz CT molecular complexity index is 990. The maximum atomic E-state index is 12.9. The molecule has 4 N–H and O–H groups in total. The SMILES string of the molecule is COCCCNC(=O)c1c(NC(=O)CCNC(=O)Nc2ccc(OC)cc2)sc2c1CCCC2. The van der Waals surface area contributed by atoms with E-state index in [1.807, 2.05) is 0 Å². The summed E-state index contributed by atoms with van der Waals surface area (Å²) in [7, 11) is 3.20. The monoisotopic (exact) mass is 488 g/mol. The van der Waals surface area contributed by atoms with Crippen LogP contribution in [0.5, 0.6) is 5.75 Å². The number of fused-ring (bicyclic) bond motifs is 1. The summed E-state index contributed by atoms with van der Waals surface area (Å²) in [6.45, 7) is 1.25. The van der Waals surface area contributed by atoms with E-state index in [2.05, 4.69) is 21.3 Å². The Hall–Kier alpha value is -3.11. The molecule has 9 nitrogen and oxygen atoms in total. The molecule has 1 heterocycles. The zero-order valence-corrected chi connectivity index (χ0v) is 20.4. The van der Waals surface area contributed by atoms with Gasteiger partial charge in [0.25, 0.3) is 5.91 Å². The second kappa shape index (κ2) is 13.0. The number of urea groups is 1. The molecule has 184 valence electrons. The minimum Gasteiger partial charge on any atom is -0.497 e. The Labute approximate surface area is 203 Å². The van der Waals surface area contributed by atoms with Crippen LogP contribution >= 0.6 is 11.3 Å². The number of hydrogen-bond acceptors (Lipinski definition) is 6. The lowest BCUT2D eigenvalue weighted by atomic mass is 9.95. The van der Waals surface area contributed by atoms with Gasteiger partial charge in [-0.3, -0.25) is 9.59 Å². The highest BCUT2D eigenvalue weighted by atomic mass is 32.1. The molecule has 1 aliphatic carbocycles. The molecule has 10 heteroatoms. The molecule has 1 aliphatic rings. The number of benzene rings is 1. The van der Waals surface area contributed by atoms with E-state index in [4.69, 9.17) is 9.47 Å². The molecule has 3 rings (SSSR count). The van der Waals surface area contributed by atoms with Crippen molar-refractivity contribution < 1.29 is 23.9 Å². The van der Waals surface area contributed by atoms with E-state index in [0.717, 1.165) is 37.7 Å². The molecule has 0 bridgehead atoms. The van der Waals surface area contributed by atoms with Crippen LogP contribution in [-0.2, 0) is 22.4 Å². The quantitative estimate of drug-likeness (QED) is 0.361. The normalized spacial score (nSPS) is 12.4. The fourth-order valence-electron chi connectivity index (χ4n) is 3.73. The maximum absolute atomic E-state index is 12.9. The Balaban J connectivity index is 1.52. The van der Waals surface area contributed by atoms with Crippen molar-refractivity contribution in [1.29, 1.82) is 0 Å². The number of rotatable bonds is 11. The molecule has 1 aromatic carbocycles. The third-order valence-corrected chi connectivity index (χ3v) is 6.65. The van der Waals surface area contributed by atoms with Gasteiger partial charge in [-0.1, -0.05) is 0 Å². The van der Waals surface area contributed by atoms with Crippen LogP contribution in [0.1, 0.15) is 46.5 Å². The maximum Gasteiger partial charge on any atom is 0.319 e. The van der Waals surface area contributed by atoms with Crippen molar-refractivity contribution in [3.8, 4) is 5.75 Å². The second-order valence-corrected chi connectivity index (χ2v) is 9.03. The van der Waals surface area contributed by atoms with Gasteiger partial charge in [0, 0.05) is 43.8 Å². The van der Waals surface area contributed by atoms with Crippen LogP contribution in [0.4, 0.5) is 15.5 Å². The van der Waals surface area contributed by atoms with E-state index < -0.39 is 6.03 Å². The Morgan fingerprint density at radius 3 is 2.47 bits per heavy atom. The summed E-state index contributed by atoms with van der Waals surface area (Å²) in [6, 6.07) is 6.54. The van der Waals surface area contributed by atoms with Crippen LogP contribution < -0.4 is 26.0 Å². The van der Waals surface area contributed by atoms with Crippen molar-refractivity contribution >= 4 is 39.9 Å². The van der Waals surface area contributed by atoms with Gasteiger partial charge in [0.05, 0.1) is 12.7 Å². The van der Waals surface area contributed by atoms with Gasteiger partial charge in [-0.2, -0.15) is 0 Å². The summed E-state index contributed by atoms with van der Waals surface area (Å²) in [5.41, 5.74) is 2.25. The first-order valence-corrected chi connectivity index (χ1v) is 12.2. The molecular formula is C24H32N4O5S. The summed E-state index contributed by atoms with van der Waals surface area (Å²) < 4.78 is 10.1. The highest BCUT2D eigenvalue weighted by Crippen LogP contribution is 2.38. The first kappa shape index (κ1) is 25.5. The van der Waals surface area contributed by atoms with Gasteiger partial charge >= 0.3 is 6.03 Å². The topological polar surface area (TPSA) is 118 Å². The molecule has 2 aromatic rings. The number of ether oxygens (including phenoxy) is 2. The minimum absolute atomic E-state index is 0.0908. The van der Waals surface area contributed by atoms with Gasteiger partial charge in [0.2, 0.25) is 5.91 Å². The smallest absolute Gasteiger partial charge is 0.319 e. The Morgan fingerprint density at radius 1 is 0.971 bits per heavy atom. The fraction of sp³-hybridized carbons (Fsp3) is 0.458. The lowest BCUT2D eigenvalue weighted by Crippen LogP contribution is -2.31. The van der Waals surface area contributed by atoms with Crippen LogP contribution in [0, 0.1) is 0 Å². The lowest BCUT2D eigenvalue weighted by molar-refractivity contribution is -0.116. The molecule has 0 radical (unpaired) electrons. The molecule has 0 fully saturated rings. The first-order valence-electron chi connectivity index (χ1n) is 11.4. The van der Waals surface area contributed by atoms with E-state index in [-0.39, 0.29) is 24.8 Å². The molecule has 34 heavy (non-hydrogen) atoms. The summed E-state index contributed by atoms with van der Waals surface area (Å²) in [5, 5.41) is 11.8. The lowest BCUT2D eigenvalue weighted by Gasteiger charge is -2.13. The van der Waals surface area contributed by atoms with Crippen molar-refractivity contribution in [3.05, 3.63) is 40.3 Å². The van der Waals surface area contributed by atoms with Gasteiger partial charge in [0.1, 0.15) is 10.8 Å². The van der Waals surface area contributed by atoms with Crippen LogP contribution in [0.2, 0.25) is 0 Å². The van der Waals surface area contributed by atoms with E-state index in [9.17, 15) is 14.4 Å². The third kappa shape index (κ3) is 7.19. The number of amides is 4. The highest BCUT2D eigenvalue weighted by molar-refractivity contribution is 7.17.